The Morgan fingerprint density at radius 1 is 1.40 bits per heavy atom. The average Bonchev–Trinajstić information content (AvgIpc) is 2.18. The summed E-state index contributed by atoms with van der Waals surface area (Å²) in [5.41, 5.74) is 0. The highest BCUT2D eigenvalue weighted by atomic mass is 35.5. The molecule has 15 heavy (non-hydrogen) atoms. The predicted molar refractivity (Wildman–Crippen MR) is 64.1 cm³/mol. The van der Waals surface area contributed by atoms with E-state index in [1.165, 1.54) is 11.8 Å². The maximum atomic E-state index is 10.3. The van der Waals surface area contributed by atoms with Gasteiger partial charge in [-0.05, 0) is 24.3 Å². The molecule has 0 unspecified atom stereocenters. The highest BCUT2D eigenvalue weighted by Crippen LogP contribution is 2.33. The molecule has 1 aromatic carbocycles. The number of benzene rings is 1. The Balaban J connectivity index is 2.44. The summed E-state index contributed by atoms with van der Waals surface area (Å²) in [4.78, 5) is 11.2. The number of hydrogen-bond acceptors (Lipinski definition) is 2. The van der Waals surface area contributed by atoms with Gasteiger partial charge in [0.15, 0.2) is 0 Å². The molecular formula is C10H10Cl2O2S. The van der Waals surface area contributed by atoms with E-state index in [4.69, 9.17) is 28.3 Å². The summed E-state index contributed by atoms with van der Waals surface area (Å²) in [7, 11) is 0. The van der Waals surface area contributed by atoms with Crippen LogP contribution in [0.15, 0.2) is 23.1 Å². The van der Waals surface area contributed by atoms with E-state index in [0.717, 1.165) is 10.6 Å². The van der Waals surface area contributed by atoms with Crippen molar-refractivity contribution in [3.05, 3.63) is 28.2 Å². The summed E-state index contributed by atoms with van der Waals surface area (Å²) in [6, 6.07) is 5.43. The summed E-state index contributed by atoms with van der Waals surface area (Å²) >= 11 is 13.3. The number of halogens is 2. The Morgan fingerprint density at radius 3 is 2.80 bits per heavy atom. The zero-order chi connectivity index (χ0) is 11.3. The van der Waals surface area contributed by atoms with Crippen LogP contribution in [0.2, 0.25) is 10.0 Å². The molecule has 0 atom stereocenters. The van der Waals surface area contributed by atoms with Crippen LogP contribution in [0.4, 0.5) is 0 Å². The molecule has 0 aliphatic carbocycles. The molecule has 0 aliphatic heterocycles. The lowest BCUT2D eigenvalue weighted by Crippen LogP contribution is -1.94. The lowest BCUT2D eigenvalue weighted by molar-refractivity contribution is -0.137. The number of aliphatic carboxylic acids is 1. The van der Waals surface area contributed by atoms with E-state index < -0.39 is 5.97 Å². The zero-order valence-corrected chi connectivity index (χ0v) is 10.2. The number of hydrogen-bond donors (Lipinski definition) is 1. The van der Waals surface area contributed by atoms with E-state index in [2.05, 4.69) is 0 Å². The van der Waals surface area contributed by atoms with Crippen LogP contribution in [0.5, 0.6) is 0 Å². The van der Waals surface area contributed by atoms with Gasteiger partial charge >= 0.3 is 5.97 Å². The van der Waals surface area contributed by atoms with E-state index >= 15 is 0 Å². The third-order valence-corrected chi connectivity index (χ3v) is 3.78. The van der Waals surface area contributed by atoms with Crippen molar-refractivity contribution in [2.75, 3.05) is 5.75 Å². The number of carboxylic acid groups (broad SMARTS) is 1. The van der Waals surface area contributed by atoms with Crippen LogP contribution in [0.3, 0.4) is 0 Å². The summed E-state index contributed by atoms with van der Waals surface area (Å²) in [6.07, 6.45) is 0.814. The first-order valence-corrected chi connectivity index (χ1v) is 6.14. The minimum atomic E-state index is -0.771. The van der Waals surface area contributed by atoms with Crippen LogP contribution in [0.25, 0.3) is 0 Å². The van der Waals surface area contributed by atoms with Crippen molar-refractivity contribution in [1.29, 1.82) is 0 Å². The van der Waals surface area contributed by atoms with Gasteiger partial charge in [0.1, 0.15) is 0 Å². The molecule has 0 saturated carbocycles. The second-order valence-corrected chi connectivity index (χ2v) is 4.82. The van der Waals surface area contributed by atoms with Gasteiger partial charge < -0.3 is 5.11 Å². The van der Waals surface area contributed by atoms with Crippen LogP contribution in [0.1, 0.15) is 12.8 Å². The average molecular weight is 265 g/mol. The number of rotatable bonds is 5. The van der Waals surface area contributed by atoms with Crippen LogP contribution in [0, 0.1) is 0 Å². The van der Waals surface area contributed by atoms with E-state index in [1.807, 2.05) is 12.1 Å². The Morgan fingerprint density at radius 2 is 2.13 bits per heavy atom. The van der Waals surface area contributed by atoms with Crippen LogP contribution >= 0.6 is 35.0 Å². The van der Waals surface area contributed by atoms with E-state index in [-0.39, 0.29) is 6.42 Å². The van der Waals surface area contributed by atoms with E-state index in [1.54, 1.807) is 6.07 Å². The highest BCUT2D eigenvalue weighted by Gasteiger charge is 2.04. The molecule has 1 aromatic rings. The van der Waals surface area contributed by atoms with Gasteiger partial charge in [0.25, 0.3) is 0 Å². The van der Waals surface area contributed by atoms with E-state index in [9.17, 15) is 4.79 Å². The molecular weight excluding hydrogens is 255 g/mol. The van der Waals surface area contributed by atoms with Gasteiger partial charge in [0.05, 0.1) is 10.0 Å². The maximum absolute atomic E-state index is 10.3. The first-order valence-electron chi connectivity index (χ1n) is 4.40. The van der Waals surface area contributed by atoms with Gasteiger partial charge in [-0.15, -0.1) is 11.8 Å². The quantitative estimate of drug-likeness (QED) is 0.647. The van der Waals surface area contributed by atoms with E-state index in [0.29, 0.717) is 16.5 Å². The molecule has 1 rings (SSSR count). The molecule has 0 amide bonds. The molecule has 82 valence electrons. The second-order valence-electron chi connectivity index (χ2n) is 2.90. The monoisotopic (exact) mass is 264 g/mol. The minimum absolute atomic E-state index is 0.186. The summed E-state index contributed by atoms with van der Waals surface area (Å²) in [6.45, 7) is 0. The van der Waals surface area contributed by atoms with Crippen molar-refractivity contribution in [3.8, 4) is 0 Å². The molecule has 5 heteroatoms. The molecule has 0 saturated heterocycles. The fourth-order valence-corrected chi connectivity index (χ4v) is 2.44. The minimum Gasteiger partial charge on any atom is -0.481 e. The van der Waals surface area contributed by atoms with Crippen molar-refractivity contribution in [3.63, 3.8) is 0 Å². The lowest BCUT2D eigenvalue weighted by Gasteiger charge is -2.04. The van der Waals surface area contributed by atoms with Gasteiger partial charge in [-0.3, -0.25) is 4.79 Å². The van der Waals surface area contributed by atoms with Crippen LogP contribution < -0.4 is 0 Å². The zero-order valence-electron chi connectivity index (χ0n) is 7.87. The van der Waals surface area contributed by atoms with Gasteiger partial charge in [0.2, 0.25) is 0 Å². The number of carbonyl (C=O) groups is 1. The predicted octanol–water partition coefficient (Wildman–Crippen LogP) is 3.95. The topological polar surface area (TPSA) is 37.3 Å². The molecule has 0 heterocycles. The summed E-state index contributed by atoms with van der Waals surface area (Å²) in [5.74, 6) is -0.0420. The molecule has 0 bridgehead atoms. The molecule has 0 spiro atoms. The first kappa shape index (κ1) is 12.7. The van der Waals surface area contributed by atoms with Crippen molar-refractivity contribution < 1.29 is 9.90 Å². The SMILES string of the molecule is O=C(O)CCCSc1cccc(Cl)c1Cl. The first-order chi connectivity index (χ1) is 7.11. The van der Waals surface area contributed by atoms with Crippen molar-refractivity contribution in [2.24, 2.45) is 0 Å². The standard InChI is InChI=1S/C10H10Cl2O2S/c11-7-3-1-4-8(10(7)12)15-6-2-5-9(13)14/h1,3-4H,2,5-6H2,(H,13,14). The lowest BCUT2D eigenvalue weighted by atomic mass is 10.3. The summed E-state index contributed by atoms with van der Waals surface area (Å²) in [5, 5.41) is 9.52. The largest absolute Gasteiger partial charge is 0.481 e. The smallest absolute Gasteiger partial charge is 0.303 e. The molecule has 1 N–H and O–H groups in total. The molecule has 0 aromatic heterocycles. The van der Waals surface area contributed by atoms with Gasteiger partial charge in [0, 0.05) is 11.3 Å². The third-order valence-electron chi connectivity index (χ3n) is 1.71. The molecule has 0 fully saturated rings. The van der Waals surface area contributed by atoms with Crippen LogP contribution in [-0.4, -0.2) is 16.8 Å². The van der Waals surface area contributed by atoms with Gasteiger partial charge in [-0.2, -0.15) is 0 Å². The van der Waals surface area contributed by atoms with Crippen molar-refractivity contribution in [2.45, 2.75) is 17.7 Å². The Hall–Kier alpha value is -0.380. The molecule has 0 radical (unpaired) electrons. The number of thioether (sulfide) groups is 1. The maximum Gasteiger partial charge on any atom is 0.303 e. The molecule has 2 nitrogen and oxygen atoms in total. The summed E-state index contributed by atoms with van der Waals surface area (Å²) < 4.78 is 0. The Bertz CT molecular complexity index is 355. The third kappa shape index (κ3) is 4.33. The van der Waals surface area contributed by atoms with Crippen molar-refractivity contribution in [1.82, 2.24) is 0 Å². The van der Waals surface area contributed by atoms with Gasteiger partial charge in [-0.1, -0.05) is 29.3 Å². The second kappa shape index (κ2) is 6.26. The Labute approximate surface area is 103 Å². The Kier molecular flexibility index (Phi) is 5.29. The van der Waals surface area contributed by atoms with Crippen LogP contribution in [-0.2, 0) is 4.79 Å². The fourth-order valence-electron chi connectivity index (χ4n) is 1.00. The number of carboxylic acids is 1. The molecule has 0 aliphatic rings. The van der Waals surface area contributed by atoms with Gasteiger partial charge in [-0.25, -0.2) is 0 Å². The van der Waals surface area contributed by atoms with Crippen molar-refractivity contribution >= 4 is 40.9 Å². The fraction of sp³-hybridized carbons (Fsp3) is 0.300. The normalized spacial score (nSPS) is 10.3. The highest BCUT2D eigenvalue weighted by molar-refractivity contribution is 7.99.